The van der Waals surface area contributed by atoms with E-state index in [1.54, 1.807) is 6.92 Å². The van der Waals surface area contributed by atoms with Crippen LogP contribution in [0.4, 0.5) is 0 Å². The van der Waals surface area contributed by atoms with E-state index < -0.39 is 0 Å². The Bertz CT molecular complexity index is 255. The molecule has 0 amide bonds. The van der Waals surface area contributed by atoms with Crippen LogP contribution in [0.5, 0.6) is 0 Å². The van der Waals surface area contributed by atoms with Crippen molar-refractivity contribution in [2.24, 2.45) is 4.99 Å². The van der Waals surface area contributed by atoms with E-state index in [0.717, 1.165) is 25.7 Å². The Kier molecular flexibility index (Phi) is 8.30. The quantitative estimate of drug-likeness (QED) is 0.203. The van der Waals surface area contributed by atoms with E-state index in [1.807, 2.05) is 0 Å². The van der Waals surface area contributed by atoms with Gasteiger partial charge in [-0.05, 0) is 26.2 Å². The first-order valence-corrected chi connectivity index (χ1v) is 5.04. The molecule has 0 heterocycles. The van der Waals surface area contributed by atoms with Crippen molar-refractivity contribution < 1.29 is 14.3 Å². The molecule has 0 saturated heterocycles. The number of carbonyl (C=O) groups is 1. The first kappa shape index (κ1) is 13.6. The fourth-order valence-electron chi connectivity index (χ4n) is 0.980. The molecule has 0 N–H and O–H groups in total. The van der Waals surface area contributed by atoms with Gasteiger partial charge in [0.25, 0.3) is 0 Å². The van der Waals surface area contributed by atoms with Gasteiger partial charge in [0.15, 0.2) is 0 Å². The number of hydrogen-bond donors (Lipinski definition) is 0. The minimum Gasteiger partial charge on any atom is -0.462 e. The molecular weight excluding hydrogens is 194 g/mol. The molecule has 0 aliphatic rings. The van der Waals surface area contributed by atoms with Gasteiger partial charge in [-0.3, -0.25) is 0 Å². The molecule has 0 saturated carbocycles. The molecule has 0 fully saturated rings. The van der Waals surface area contributed by atoms with E-state index in [4.69, 9.17) is 4.74 Å². The van der Waals surface area contributed by atoms with Gasteiger partial charge in [0, 0.05) is 5.57 Å². The highest BCUT2D eigenvalue weighted by atomic mass is 16.5. The molecule has 0 rings (SSSR count). The monoisotopic (exact) mass is 211 g/mol. The molecule has 0 radical (unpaired) electrons. The zero-order chi connectivity index (χ0) is 11.5. The number of nitrogens with zero attached hydrogens (tertiary/aromatic N) is 1. The summed E-state index contributed by atoms with van der Waals surface area (Å²) in [5, 5.41) is 0. The van der Waals surface area contributed by atoms with Crippen LogP contribution in [-0.4, -0.2) is 25.2 Å². The van der Waals surface area contributed by atoms with Crippen LogP contribution >= 0.6 is 0 Å². The standard InChI is InChI=1S/C11H17NO3/c1-10(2)11(14)15-8-6-4-3-5-7-12-9-13/h1,3-8H2,2H3. The molecule has 4 nitrogen and oxygen atoms in total. The SMILES string of the molecule is C=C(C)C(=O)OCCCCCCN=C=O. The minimum atomic E-state index is -0.333. The topological polar surface area (TPSA) is 55.7 Å². The maximum Gasteiger partial charge on any atom is 0.333 e. The highest BCUT2D eigenvalue weighted by Gasteiger charge is 2.01. The van der Waals surface area contributed by atoms with E-state index in [0.29, 0.717) is 18.7 Å². The van der Waals surface area contributed by atoms with Gasteiger partial charge in [0.2, 0.25) is 6.08 Å². The number of aliphatic imine (C=N–C) groups is 1. The van der Waals surface area contributed by atoms with Crippen LogP contribution < -0.4 is 0 Å². The molecule has 0 aliphatic heterocycles. The van der Waals surface area contributed by atoms with Crippen LogP contribution in [0.2, 0.25) is 0 Å². The number of rotatable bonds is 8. The van der Waals surface area contributed by atoms with Gasteiger partial charge in [0.05, 0.1) is 13.2 Å². The van der Waals surface area contributed by atoms with Crippen molar-refractivity contribution in [2.45, 2.75) is 32.6 Å². The zero-order valence-corrected chi connectivity index (χ0v) is 9.12. The van der Waals surface area contributed by atoms with Crippen molar-refractivity contribution in [2.75, 3.05) is 13.2 Å². The zero-order valence-electron chi connectivity index (χ0n) is 9.12. The second kappa shape index (κ2) is 9.16. The first-order chi connectivity index (χ1) is 7.18. The summed E-state index contributed by atoms with van der Waals surface area (Å²) in [5.41, 5.74) is 0.426. The van der Waals surface area contributed by atoms with Gasteiger partial charge in [0.1, 0.15) is 0 Å². The van der Waals surface area contributed by atoms with Crippen LogP contribution in [-0.2, 0) is 14.3 Å². The van der Waals surface area contributed by atoms with Crippen LogP contribution in [0.1, 0.15) is 32.6 Å². The van der Waals surface area contributed by atoms with Crippen LogP contribution in [0.3, 0.4) is 0 Å². The van der Waals surface area contributed by atoms with Crippen molar-refractivity contribution >= 4 is 12.0 Å². The maximum absolute atomic E-state index is 10.9. The molecular formula is C11H17NO3. The molecule has 0 atom stereocenters. The Balaban J connectivity index is 3.21. The molecule has 0 aromatic rings. The summed E-state index contributed by atoms with van der Waals surface area (Å²) in [7, 11) is 0. The van der Waals surface area contributed by atoms with Gasteiger partial charge in [-0.15, -0.1) is 0 Å². The molecule has 0 aromatic carbocycles. The van der Waals surface area contributed by atoms with E-state index in [-0.39, 0.29) is 5.97 Å². The van der Waals surface area contributed by atoms with Crippen LogP contribution in [0.25, 0.3) is 0 Å². The highest BCUT2D eigenvalue weighted by molar-refractivity contribution is 5.86. The van der Waals surface area contributed by atoms with E-state index in [9.17, 15) is 9.59 Å². The lowest BCUT2D eigenvalue weighted by Crippen LogP contribution is -2.06. The second-order valence-corrected chi connectivity index (χ2v) is 3.30. The summed E-state index contributed by atoms with van der Waals surface area (Å²) in [5.74, 6) is -0.333. The van der Waals surface area contributed by atoms with E-state index in [2.05, 4.69) is 11.6 Å². The largest absolute Gasteiger partial charge is 0.462 e. The number of carbonyl (C=O) groups excluding carboxylic acids is 2. The lowest BCUT2D eigenvalue weighted by molar-refractivity contribution is -0.139. The summed E-state index contributed by atoms with van der Waals surface area (Å²) in [6, 6.07) is 0. The van der Waals surface area contributed by atoms with Crippen molar-refractivity contribution in [1.29, 1.82) is 0 Å². The Morgan fingerprint density at radius 1 is 1.33 bits per heavy atom. The van der Waals surface area contributed by atoms with Crippen LogP contribution in [0, 0.1) is 0 Å². The van der Waals surface area contributed by atoms with Crippen molar-refractivity contribution in [3.8, 4) is 0 Å². The number of hydrogen-bond acceptors (Lipinski definition) is 4. The minimum absolute atomic E-state index is 0.333. The lowest BCUT2D eigenvalue weighted by atomic mass is 10.2. The van der Waals surface area contributed by atoms with Gasteiger partial charge in [-0.1, -0.05) is 13.0 Å². The molecule has 4 heteroatoms. The van der Waals surface area contributed by atoms with Gasteiger partial charge in [-0.2, -0.15) is 0 Å². The third kappa shape index (κ3) is 8.91. The van der Waals surface area contributed by atoms with Crippen LogP contribution in [0.15, 0.2) is 17.1 Å². The summed E-state index contributed by atoms with van der Waals surface area (Å²) >= 11 is 0. The average molecular weight is 211 g/mol. The molecule has 0 unspecified atom stereocenters. The van der Waals surface area contributed by atoms with E-state index >= 15 is 0 Å². The molecule has 0 aromatic heterocycles. The highest BCUT2D eigenvalue weighted by Crippen LogP contribution is 2.01. The summed E-state index contributed by atoms with van der Waals surface area (Å²) in [6.07, 6.45) is 5.16. The molecule has 0 spiro atoms. The first-order valence-electron chi connectivity index (χ1n) is 5.04. The molecule has 84 valence electrons. The fourth-order valence-corrected chi connectivity index (χ4v) is 0.980. The number of isocyanates is 1. The Morgan fingerprint density at radius 3 is 2.60 bits per heavy atom. The number of esters is 1. The smallest absolute Gasteiger partial charge is 0.333 e. The van der Waals surface area contributed by atoms with Crippen molar-refractivity contribution in [3.63, 3.8) is 0 Å². The third-order valence-electron chi connectivity index (χ3n) is 1.81. The van der Waals surface area contributed by atoms with E-state index in [1.165, 1.54) is 6.08 Å². The lowest BCUT2D eigenvalue weighted by Gasteiger charge is -2.03. The number of unbranched alkanes of at least 4 members (excludes halogenated alkanes) is 3. The number of ether oxygens (including phenoxy) is 1. The molecule has 15 heavy (non-hydrogen) atoms. The van der Waals surface area contributed by atoms with Gasteiger partial charge in [-0.25, -0.2) is 14.6 Å². The third-order valence-corrected chi connectivity index (χ3v) is 1.81. The van der Waals surface area contributed by atoms with Crippen molar-refractivity contribution in [3.05, 3.63) is 12.2 Å². The fraction of sp³-hybridized carbons (Fsp3) is 0.636. The van der Waals surface area contributed by atoms with Gasteiger partial charge >= 0.3 is 5.97 Å². The molecule has 0 bridgehead atoms. The summed E-state index contributed by atoms with van der Waals surface area (Å²) in [4.78, 5) is 24.1. The second-order valence-electron chi connectivity index (χ2n) is 3.30. The maximum atomic E-state index is 10.9. The summed E-state index contributed by atoms with van der Waals surface area (Å²) in [6.45, 7) is 6.08. The predicted molar refractivity (Wildman–Crippen MR) is 57.2 cm³/mol. The Hall–Kier alpha value is -1.41. The Morgan fingerprint density at radius 2 is 2.00 bits per heavy atom. The predicted octanol–water partition coefficient (Wildman–Crippen LogP) is 2.00. The summed E-state index contributed by atoms with van der Waals surface area (Å²) < 4.78 is 4.91. The normalized spacial score (nSPS) is 9.13. The molecule has 0 aliphatic carbocycles. The van der Waals surface area contributed by atoms with Crippen molar-refractivity contribution in [1.82, 2.24) is 0 Å². The van der Waals surface area contributed by atoms with Gasteiger partial charge < -0.3 is 4.74 Å². The average Bonchev–Trinajstić information content (AvgIpc) is 2.21. The Labute approximate surface area is 90.0 Å².